The van der Waals surface area contributed by atoms with E-state index in [4.69, 9.17) is 4.74 Å². The number of carboxylic acid groups (broad SMARTS) is 1. The maximum atomic E-state index is 11.2. The molecular formula is C17H22O3. The van der Waals surface area contributed by atoms with Crippen LogP contribution < -0.4 is 0 Å². The summed E-state index contributed by atoms with van der Waals surface area (Å²) in [5, 5.41) is 9.18. The summed E-state index contributed by atoms with van der Waals surface area (Å²) in [6.07, 6.45) is 4.15. The van der Waals surface area contributed by atoms with E-state index in [-0.39, 0.29) is 17.8 Å². The van der Waals surface area contributed by atoms with E-state index in [0.29, 0.717) is 19.1 Å². The van der Waals surface area contributed by atoms with Gasteiger partial charge in [0, 0.05) is 0 Å². The van der Waals surface area contributed by atoms with Gasteiger partial charge < -0.3 is 9.84 Å². The zero-order valence-corrected chi connectivity index (χ0v) is 12.0. The normalized spacial score (nSPS) is 26.6. The molecule has 0 aromatic heterocycles. The Morgan fingerprint density at radius 1 is 1.30 bits per heavy atom. The number of hydrogen-bond donors (Lipinski definition) is 1. The van der Waals surface area contributed by atoms with E-state index in [1.165, 1.54) is 0 Å². The average molecular weight is 274 g/mol. The molecule has 108 valence electrons. The van der Waals surface area contributed by atoms with Gasteiger partial charge in [-0.25, -0.2) is 0 Å². The largest absolute Gasteiger partial charge is 0.481 e. The van der Waals surface area contributed by atoms with Crippen LogP contribution in [0.4, 0.5) is 0 Å². The van der Waals surface area contributed by atoms with Crippen LogP contribution in [0, 0.1) is 23.7 Å². The molecule has 3 nitrogen and oxygen atoms in total. The van der Waals surface area contributed by atoms with Crippen LogP contribution >= 0.6 is 0 Å². The molecule has 0 saturated heterocycles. The number of benzene rings is 1. The molecule has 0 spiro atoms. The number of carboxylic acids is 1. The summed E-state index contributed by atoms with van der Waals surface area (Å²) >= 11 is 0. The van der Waals surface area contributed by atoms with E-state index < -0.39 is 5.97 Å². The first kappa shape index (κ1) is 14.8. The van der Waals surface area contributed by atoms with E-state index in [1.54, 1.807) is 6.92 Å². The fourth-order valence-electron chi connectivity index (χ4n) is 2.79. The SMILES string of the molecule is C[C@H](C(=O)O)[C@H]1C=C[C@H](C)[C@H]1COCc1ccccc1. The van der Waals surface area contributed by atoms with Gasteiger partial charge in [-0.3, -0.25) is 4.79 Å². The third-order valence-corrected chi connectivity index (χ3v) is 4.20. The molecule has 0 bridgehead atoms. The second kappa shape index (κ2) is 6.71. The summed E-state index contributed by atoms with van der Waals surface area (Å²) in [6.45, 7) is 5.09. The first-order chi connectivity index (χ1) is 9.59. The van der Waals surface area contributed by atoms with Crippen LogP contribution in [0.15, 0.2) is 42.5 Å². The second-order valence-electron chi connectivity index (χ2n) is 5.61. The summed E-state index contributed by atoms with van der Waals surface area (Å²) in [6, 6.07) is 10.0. The van der Waals surface area contributed by atoms with Crippen molar-refractivity contribution in [2.75, 3.05) is 6.61 Å². The van der Waals surface area contributed by atoms with Crippen molar-refractivity contribution in [1.29, 1.82) is 0 Å². The van der Waals surface area contributed by atoms with Crippen molar-refractivity contribution in [3.05, 3.63) is 48.0 Å². The van der Waals surface area contributed by atoms with E-state index in [2.05, 4.69) is 13.0 Å². The number of rotatable bonds is 6. The highest BCUT2D eigenvalue weighted by Crippen LogP contribution is 2.36. The van der Waals surface area contributed by atoms with Crippen molar-refractivity contribution in [3.63, 3.8) is 0 Å². The minimum atomic E-state index is -0.734. The number of ether oxygens (including phenoxy) is 1. The van der Waals surface area contributed by atoms with Crippen molar-refractivity contribution in [2.45, 2.75) is 20.5 Å². The van der Waals surface area contributed by atoms with Crippen molar-refractivity contribution < 1.29 is 14.6 Å². The molecule has 3 heteroatoms. The van der Waals surface area contributed by atoms with Crippen molar-refractivity contribution >= 4 is 5.97 Å². The van der Waals surface area contributed by atoms with Crippen molar-refractivity contribution in [3.8, 4) is 0 Å². The van der Waals surface area contributed by atoms with E-state index in [0.717, 1.165) is 5.56 Å². The van der Waals surface area contributed by atoms with Gasteiger partial charge in [-0.15, -0.1) is 0 Å². The van der Waals surface area contributed by atoms with Crippen LogP contribution in [0.3, 0.4) is 0 Å². The Kier molecular flexibility index (Phi) is 4.96. The molecular weight excluding hydrogens is 252 g/mol. The van der Waals surface area contributed by atoms with Crippen LogP contribution in [0.1, 0.15) is 19.4 Å². The molecule has 0 amide bonds. The van der Waals surface area contributed by atoms with E-state index in [1.807, 2.05) is 36.4 Å². The van der Waals surface area contributed by atoms with Crippen LogP contribution in [0.5, 0.6) is 0 Å². The molecule has 0 aliphatic heterocycles. The van der Waals surface area contributed by atoms with Gasteiger partial charge in [0.25, 0.3) is 0 Å². The molecule has 4 atom stereocenters. The van der Waals surface area contributed by atoms with Gasteiger partial charge >= 0.3 is 5.97 Å². The first-order valence-corrected chi connectivity index (χ1v) is 7.12. The third-order valence-electron chi connectivity index (χ3n) is 4.20. The van der Waals surface area contributed by atoms with Gasteiger partial charge in [-0.05, 0) is 23.3 Å². The lowest BCUT2D eigenvalue weighted by atomic mass is 9.82. The molecule has 1 aromatic rings. The fraction of sp³-hybridized carbons (Fsp3) is 0.471. The Bertz CT molecular complexity index is 466. The summed E-state index contributed by atoms with van der Waals surface area (Å²) in [4.78, 5) is 11.2. The number of allylic oxidation sites excluding steroid dienone is 2. The van der Waals surface area contributed by atoms with Crippen LogP contribution in [0.2, 0.25) is 0 Å². The number of carbonyl (C=O) groups is 1. The predicted molar refractivity (Wildman–Crippen MR) is 78.2 cm³/mol. The summed E-state index contributed by atoms with van der Waals surface area (Å²) in [5.74, 6) is -0.399. The monoisotopic (exact) mass is 274 g/mol. The molecule has 1 aliphatic carbocycles. The fourth-order valence-corrected chi connectivity index (χ4v) is 2.79. The zero-order chi connectivity index (χ0) is 14.5. The molecule has 1 aliphatic rings. The number of hydrogen-bond acceptors (Lipinski definition) is 2. The Balaban J connectivity index is 1.89. The minimum Gasteiger partial charge on any atom is -0.481 e. The smallest absolute Gasteiger partial charge is 0.306 e. The second-order valence-corrected chi connectivity index (χ2v) is 5.61. The maximum absolute atomic E-state index is 11.2. The highest BCUT2D eigenvalue weighted by Gasteiger charge is 2.35. The van der Waals surface area contributed by atoms with Gasteiger partial charge in [0.05, 0.1) is 19.1 Å². The maximum Gasteiger partial charge on any atom is 0.306 e. The van der Waals surface area contributed by atoms with Gasteiger partial charge in [-0.1, -0.05) is 56.3 Å². The Labute approximate surface area is 120 Å². The quantitative estimate of drug-likeness (QED) is 0.809. The molecule has 0 heterocycles. The topological polar surface area (TPSA) is 46.5 Å². The van der Waals surface area contributed by atoms with Crippen LogP contribution in [-0.2, 0) is 16.1 Å². The molecule has 1 aromatic carbocycles. The van der Waals surface area contributed by atoms with Crippen molar-refractivity contribution in [1.82, 2.24) is 0 Å². The molecule has 0 saturated carbocycles. The molecule has 0 unspecified atom stereocenters. The lowest BCUT2D eigenvalue weighted by Crippen LogP contribution is -2.29. The highest BCUT2D eigenvalue weighted by molar-refractivity contribution is 5.70. The summed E-state index contributed by atoms with van der Waals surface area (Å²) < 4.78 is 5.80. The Hall–Kier alpha value is -1.61. The average Bonchev–Trinajstić information content (AvgIpc) is 2.80. The Morgan fingerprint density at radius 2 is 2.00 bits per heavy atom. The van der Waals surface area contributed by atoms with Crippen LogP contribution in [-0.4, -0.2) is 17.7 Å². The van der Waals surface area contributed by atoms with Gasteiger partial charge in [0.15, 0.2) is 0 Å². The first-order valence-electron chi connectivity index (χ1n) is 7.12. The van der Waals surface area contributed by atoms with Crippen molar-refractivity contribution in [2.24, 2.45) is 23.7 Å². The van der Waals surface area contributed by atoms with E-state index >= 15 is 0 Å². The zero-order valence-electron chi connectivity index (χ0n) is 12.0. The van der Waals surface area contributed by atoms with E-state index in [9.17, 15) is 9.90 Å². The molecule has 2 rings (SSSR count). The standard InChI is InChI=1S/C17H22O3/c1-12-8-9-15(13(2)17(18)19)16(12)11-20-10-14-6-4-3-5-7-14/h3-9,12-13,15-16H,10-11H2,1-2H3,(H,18,19)/t12-,13-,15+,16+/m0/s1. The summed E-state index contributed by atoms with van der Waals surface area (Å²) in [5.41, 5.74) is 1.15. The minimum absolute atomic E-state index is 0.0678. The third kappa shape index (κ3) is 3.48. The lowest BCUT2D eigenvalue weighted by Gasteiger charge is -2.25. The summed E-state index contributed by atoms with van der Waals surface area (Å²) in [7, 11) is 0. The van der Waals surface area contributed by atoms with Gasteiger partial charge in [-0.2, -0.15) is 0 Å². The highest BCUT2D eigenvalue weighted by atomic mass is 16.5. The molecule has 20 heavy (non-hydrogen) atoms. The van der Waals surface area contributed by atoms with Gasteiger partial charge in [0.1, 0.15) is 0 Å². The van der Waals surface area contributed by atoms with Gasteiger partial charge in [0.2, 0.25) is 0 Å². The number of aliphatic carboxylic acids is 1. The predicted octanol–water partition coefficient (Wildman–Crippen LogP) is 3.36. The lowest BCUT2D eigenvalue weighted by molar-refractivity contribution is -0.143. The molecule has 0 fully saturated rings. The molecule has 1 N–H and O–H groups in total. The molecule has 0 radical (unpaired) electrons. The van der Waals surface area contributed by atoms with Crippen LogP contribution in [0.25, 0.3) is 0 Å². The Morgan fingerprint density at radius 3 is 2.65 bits per heavy atom.